The normalized spacial score (nSPS) is 20.5. The molecule has 1 unspecified atom stereocenters. The minimum absolute atomic E-state index is 0.00452. The highest BCUT2D eigenvalue weighted by atomic mass is 16.3. The average Bonchev–Trinajstić information content (AvgIpc) is 2.62. The first-order chi connectivity index (χ1) is 8.72. The first-order valence-electron chi connectivity index (χ1n) is 6.43. The molecule has 1 heterocycles. The van der Waals surface area contributed by atoms with Gasteiger partial charge in [0.05, 0.1) is 12.6 Å². The van der Waals surface area contributed by atoms with Crippen LogP contribution in [0, 0.1) is 0 Å². The van der Waals surface area contributed by atoms with Crippen LogP contribution in [0.3, 0.4) is 0 Å². The van der Waals surface area contributed by atoms with E-state index < -0.39 is 0 Å². The second kappa shape index (κ2) is 5.87. The Labute approximate surface area is 107 Å². The first kappa shape index (κ1) is 12.9. The van der Waals surface area contributed by atoms with E-state index in [4.69, 9.17) is 0 Å². The maximum Gasteiger partial charge on any atom is 0.254 e. The van der Waals surface area contributed by atoms with Crippen molar-refractivity contribution in [1.29, 1.82) is 0 Å². The van der Waals surface area contributed by atoms with Crippen molar-refractivity contribution in [3.8, 4) is 5.75 Å². The molecule has 0 saturated carbocycles. The lowest BCUT2D eigenvalue weighted by atomic mass is 10.1. The minimum Gasteiger partial charge on any atom is -0.508 e. The lowest BCUT2D eigenvalue weighted by molar-refractivity contribution is 0.0599. The van der Waals surface area contributed by atoms with Crippen LogP contribution < -0.4 is 0 Å². The number of hydrogen-bond acceptors (Lipinski definition) is 3. The van der Waals surface area contributed by atoms with Gasteiger partial charge in [0, 0.05) is 12.1 Å². The molecule has 0 spiro atoms. The molecule has 0 radical (unpaired) electrons. The lowest BCUT2D eigenvalue weighted by Crippen LogP contribution is -2.42. The summed E-state index contributed by atoms with van der Waals surface area (Å²) in [5.41, 5.74) is 0.482. The highest BCUT2D eigenvalue weighted by Gasteiger charge is 2.25. The molecule has 0 aromatic heterocycles. The molecule has 4 nitrogen and oxygen atoms in total. The van der Waals surface area contributed by atoms with Crippen LogP contribution >= 0.6 is 0 Å². The molecule has 4 heteroatoms. The molecule has 1 amide bonds. The topological polar surface area (TPSA) is 60.8 Å². The fourth-order valence-corrected chi connectivity index (χ4v) is 2.44. The second-order valence-electron chi connectivity index (χ2n) is 4.73. The SMILES string of the molecule is O=C(c1cccc(O)c1)N1CCCCCC1CO. The molecule has 1 saturated heterocycles. The molecule has 2 rings (SSSR count). The van der Waals surface area contributed by atoms with Gasteiger partial charge < -0.3 is 15.1 Å². The van der Waals surface area contributed by atoms with Gasteiger partial charge in [-0.15, -0.1) is 0 Å². The zero-order valence-corrected chi connectivity index (χ0v) is 10.4. The van der Waals surface area contributed by atoms with Crippen molar-refractivity contribution in [2.45, 2.75) is 31.7 Å². The molecule has 2 N–H and O–H groups in total. The van der Waals surface area contributed by atoms with Gasteiger partial charge in [0.2, 0.25) is 0 Å². The Bertz CT molecular complexity index is 419. The molecular formula is C14H19NO3. The summed E-state index contributed by atoms with van der Waals surface area (Å²) in [6, 6.07) is 6.28. The van der Waals surface area contributed by atoms with E-state index in [1.54, 1.807) is 23.1 Å². The standard InChI is InChI=1S/C14H19NO3/c16-10-12-6-2-1-3-8-15(12)14(18)11-5-4-7-13(17)9-11/h4-5,7,9,12,16-17H,1-3,6,8,10H2. The molecule has 0 bridgehead atoms. The largest absolute Gasteiger partial charge is 0.508 e. The lowest BCUT2D eigenvalue weighted by Gasteiger charge is -2.28. The fraction of sp³-hybridized carbons (Fsp3) is 0.500. The summed E-state index contributed by atoms with van der Waals surface area (Å²) in [6.45, 7) is 0.685. The maximum absolute atomic E-state index is 12.4. The minimum atomic E-state index is -0.105. The summed E-state index contributed by atoms with van der Waals surface area (Å²) in [7, 11) is 0. The molecule has 1 aromatic rings. The van der Waals surface area contributed by atoms with E-state index >= 15 is 0 Å². The smallest absolute Gasteiger partial charge is 0.254 e. The van der Waals surface area contributed by atoms with E-state index in [0.717, 1.165) is 25.7 Å². The summed E-state index contributed by atoms with van der Waals surface area (Å²) >= 11 is 0. The average molecular weight is 249 g/mol. The third-order valence-corrected chi connectivity index (χ3v) is 3.44. The molecule has 18 heavy (non-hydrogen) atoms. The number of aliphatic hydroxyl groups is 1. The quantitative estimate of drug-likeness (QED) is 0.839. The van der Waals surface area contributed by atoms with Crippen LogP contribution in [0.5, 0.6) is 5.75 Å². The highest BCUT2D eigenvalue weighted by Crippen LogP contribution is 2.20. The van der Waals surface area contributed by atoms with Crippen molar-refractivity contribution in [2.24, 2.45) is 0 Å². The van der Waals surface area contributed by atoms with Crippen molar-refractivity contribution in [3.63, 3.8) is 0 Å². The molecule has 1 aliphatic rings. The van der Waals surface area contributed by atoms with Crippen LogP contribution in [0.15, 0.2) is 24.3 Å². The summed E-state index contributed by atoms with van der Waals surface area (Å²) in [6.07, 6.45) is 3.97. The molecule has 1 atom stereocenters. The Morgan fingerprint density at radius 3 is 2.89 bits per heavy atom. The Kier molecular flexibility index (Phi) is 4.20. The third kappa shape index (κ3) is 2.82. The van der Waals surface area contributed by atoms with E-state index in [1.165, 1.54) is 6.07 Å². The van der Waals surface area contributed by atoms with Crippen molar-refractivity contribution < 1.29 is 15.0 Å². The Morgan fingerprint density at radius 2 is 2.17 bits per heavy atom. The van der Waals surface area contributed by atoms with Crippen LogP contribution in [0.4, 0.5) is 0 Å². The predicted molar refractivity (Wildman–Crippen MR) is 68.5 cm³/mol. The van der Waals surface area contributed by atoms with E-state index in [9.17, 15) is 15.0 Å². The van der Waals surface area contributed by atoms with Gasteiger partial charge in [-0.2, -0.15) is 0 Å². The number of phenolic OH excluding ortho intramolecular Hbond substituents is 1. The Morgan fingerprint density at radius 1 is 1.33 bits per heavy atom. The molecule has 0 aliphatic carbocycles. The van der Waals surface area contributed by atoms with E-state index in [2.05, 4.69) is 0 Å². The van der Waals surface area contributed by atoms with Gasteiger partial charge in [0.15, 0.2) is 0 Å². The van der Waals surface area contributed by atoms with Gasteiger partial charge in [0.25, 0.3) is 5.91 Å². The summed E-state index contributed by atoms with van der Waals surface area (Å²) in [5, 5.41) is 18.8. The van der Waals surface area contributed by atoms with Gasteiger partial charge in [-0.05, 0) is 31.0 Å². The van der Waals surface area contributed by atoms with Gasteiger partial charge in [-0.1, -0.05) is 18.9 Å². The number of likely N-dealkylation sites (tertiary alicyclic amines) is 1. The number of nitrogens with zero attached hydrogens (tertiary/aromatic N) is 1. The first-order valence-corrected chi connectivity index (χ1v) is 6.43. The number of hydrogen-bond donors (Lipinski definition) is 2. The second-order valence-corrected chi connectivity index (χ2v) is 4.73. The summed E-state index contributed by atoms with van der Waals surface area (Å²) in [4.78, 5) is 14.1. The number of phenols is 1. The zero-order valence-electron chi connectivity index (χ0n) is 10.4. The highest BCUT2D eigenvalue weighted by molar-refractivity contribution is 5.94. The van der Waals surface area contributed by atoms with Gasteiger partial charge >= 0.3 is 0 Å². The molecule has 1 fully saturated rings. The van der Waals surface area contributed by atoms with Crippen LogP contribution in [-0.2, 0) is 0 Å². The van der Waals surface area contributed by atoms with Crippen molar-refractivity contribution in [2.75, 3.05) is 13.2 Å². The number of rotatable bonds is 2. The Hall–Kier alpha value is -1.55. The Balaban J connectivity index is 2.19. The van der Waals surface area contributed by atoms with Gasteiger partial charge in [-0.3, -0.25) is 4.79 Å². The number of amides is 1. The van der Waals surface area contributed by atoms with Gasteiger partial charge in [0.1, 0.15) is 5.75 Å². The van der Waals surface area contributed by atoms with Crippen LogP contribution in [-0.4, -0.2) is 40.2 Å². The van der Waals surface area contributed by atoms with Crippen molar-refractivity contribution in [3.05, 3.63) is 29.8 Å². The fourth-order valence-electron chi connectivity index (χ4n) is 2.44. The number of aliphatic hydroxyl groups excluding tert-OH is 1. The molecule has 1 aliphatic heterocycles. The number of carbonyl (C=O) groups excluding carboxylic acids is 1. The monoisotopic (exact) mass is 249 g/mol. The molecule has 1 aromatic carbocycles. The molecular weight excluding hydrogens is 230 g/mol. The van der Waals surface area contributed by atoms with Crippen LogP contribution in [0.2, 0.25) is 0 Å². The van der Waals surface area contributed by atoms with E-state index in [-0.39, 0.29) is 24.3 Å². The predicted octanol–water partition coefficient (Wildman–Crippen LogP) is 1.77. The molecule has 98 valence electrons. The van der Waals surface area contributed by atoms with Crippen LogP contribution in [0.1, 0.15) is 36.0 Å². The number of carbonyl (C=O) groups is 1. The van der Waals surface area contributed by atoms with Crippen molar-refractivity contribution in [1.82, 2.24) is 4.90 Å². The number of benzene rings is 1. The van der Waals surface area contributed by atoms with Gasteiger partial charge in [-0.25, -0.2) is 0 Å². The van der Waals surface area contributed by atoms with E-state index in [1.807, 2.05) is 0 Å². The number of aromatic hydroxyl groups is 1. The summed E-state index contributed by atoms with van der Waals surface area (Å²) in [5.74, 6) is -0.0110. The summed E-state index contributed by atoms with van der Waals surface area (Å²) < 4.78 is 0. The van der Waals surface area contributed by atoms with Crippen molar-refractivity contribution >= 4 is 5.91 Å². The third-order valence-electron chi connectivity index (χ3n) is 3.44. The maximum atomic E-state index is 12.4. The van der Waals surface area contributed by atoms with Crippen LogP contribution in [0.25, 0.3) is 0 Å². The zero-order chi connectivity index (χ0) is 13.0. The van der Waals surface area contributed by atoms with E-state index in [0.29, 0.717) is 12.1 Å².